The van der Waals surface area contributed by atoms with Gasteiger partial charge in [-0.3, -0.25) is 14.4 Å². The van der Waals surface area contributed by atoms with Crippen LogP contribution >= 0.6 is 0 Å². The minimum atomic E-state index is -1.17. The number of aliphatic carboxylic acids is 1. The minimum Gasteiger partial charge on any atom is -0.479 e. The van der Waals surface area contributed by atoms with Crippen LogP contribution in [0.1, 0.15) is 22.3 Å². The summed E-state index contributed by atoms with van der Waals surface area (Å²) >= 11 is 0. The van der Waals surface area contributed by atoms with Crippen LogP contribution in [0.5, 0.6) is 0 Å². The van der Waals surface area contributed by atoms with Crippen LogP contribution in [-0.4, -0.2) is 29.5 Å². The molecule has 1 aliphatic heterocycles. The maximum Gasteiger partial charge on any atom is 0.332 e. The van der Waals surface area contributed by atoms with Gasteiger partial charge in [0.05, 0.1) is 0 Å². The van der Waals surface area contributed by atoms with Crippen molar-refractivity contribution in [2.24, 2.45) is 0 Å². The van der Waals surface area contributed by atoms with E-state index in [4.69, 9.17) is 5.11 Å². The number of fused-ring (bicyclic) bond motifs is 1. The Hall–Kier alpha value is -2.41. The highest BCUT2D eigenvalue weighted by molar-refractivity contribution is 5.97. The Kier molecular flexibility index (Phi) is 3.76. The van der Waals surface area contributed by atoms with Crippen molar-refractivity contribution < 1.29 is 24.3 Å². The van der Waals surface area contributed by atoms with Gasteiger partial charge < -0.3 is 10.4 Å². The fourth-order valence-corrected chi connectivity index (χ4v) is 1.75. The molecule has 1 aliphatic rings. The van der Waals surface area contributed by atoms with E-state index in [1.807, 2.05) is 5.48 Å². The molecule has 2 amide bonds. The Morgan fingerprint density at radius 1 is 1.37 bits per heavy atom. The topological polar surface area (TPSA) is 105 Å². The Labute approximate surface area is 108 Å². The summed E-state index contributed by atoms with van der Waals surface area (Å²) in [5.41, 5.74) is 3.95. The summed E-state index contributed by atoms with van der Waals surface area (Å²) in [5, 5.41) is 11.1. The van der Waals surface area contributed by atoms with Crippen molar-refractivity contribution in [2.45, 2.75) is 12.8 Å². The van der Waals surface area contributed by atoms with E-state index in [0.717, 1.165) is 5.56 Å². The molecule has 3 N–H and O–H groups in total. The molecule has 0 aromatic heterocycles. The molecular formula is C12H12N2O5. The van der Waals surface area contributed by atoms with E-state index < -0.39 is 18.5 Å². The monoisotopic (exact) mass is 264 g/mol. The molecule has 100 valence electrons. The first-order chi connectivity index (χ1) is 9.06. The molecule has 19 heavy (non-hydrogen) atoms. The van der Waals surface area contributed by atoms with E-state index in [9.17, 15) is 14.4 Å². The number of benzene rings is 1. The minimum absolute atomic E-state index is 0.0468. The van der Waals surface area contributed by atoms with E-state index in [1.165, 1.54) is 6.07 Å². The number of anilines is 1. The number of carbonyl (C=O) groups is 3. The molecule has 0 atom stereocenters. The van der Waals surface area contributed by atoms with Crippen molar-refractivity contribution >= 4 is 23.5 Å². The van der Waals surface area contributed by atoms with Gasteiger partial charge in [0, 0.05) is 17.7 Å². The number of hydrogen-bond acceptors (Lipinski definition) is 4. The zero-order valence-corrected chi connectivity index (χ0v) is 9.93. The smallest absolute Gasteiger partial charge is 0.332 e. The predicted molar refractivity (Wildman–Crippen MR) is 64.4 cm³/mol. The predicted octanol–water partition coefficient (Wildman–Crippen LogP) is 0.317. The molecule has 7 nitrogen and oxygen atoms in total. The molecule has 7 heteroatoms. The average Bonchev–Trinajstić information content (AvgIpc) is 2.37. The lowest BCUT2D eigenvalue weighted by atomic mass is 10.0. The molecule has 0 aliphatic carbocycles. The van der Waals surface area contributed by atoms with Crippen LogP contribution in [0.4, 0.5) is 5.69 Å². The van der Waals surface area contributed by atoms with Gasteiger partial charge in [-0.25, -0.2) is 10.3 Å². The lowest BCUT2D eigenvalue weighted by molar-refractivity contribution is -0.144. The van der Waals surface area contributed by atoms with Crippen LogP contribution in [0, 0.1) is 0 Å². The summed E-state index contributed by atoms with van der Waals surface area (Å²) in [6, 6.07) is 4.82. The van der Waals surface area contributed by atoms with E-state index in [0.29, 0.717) is 24.1 Å². The van der Waals surface area contributed by atoms with Gasteiger partial charge in [0.2, 0.25) is 5.91 Å². The molecule has 0 unspecified atom stereocenters. The molecule has 0 saturated heterocycles. The number of rotatable bonds is 4. The summed E-state index contributed by atoms with van der Waals surface area (Å²) in [6.07, 6.45) is 0.950. The van der Waals surface area contributed by atoms with Gasteiger partial charge in [0.1, 0.15) is 0 Å². The van der Waals surface area contributed by atoms with Gasteiger partial charge >= 0.3 is 5.97 Å². The van der Waals surface area contributed by atoms with Gasteiger partial charge in [0.15, 0.2) is 6.61 Å². The molecule has 0 saturated carbocycles. The van der Waals surface area contributed by atoms with Crippen LogP contribution in [-0.2, 0) is 20.8 Å². The lowest BCUT2D eigenvalue weighted by Gasteiger charge is -2.17. The number of carboxylic acid groups (broad SMARTS) is 1. The summed E-state index contributed by atoms with van der Waals surface area (Å²) in [6.45, 7) is -0.604. The van der Waals surface area contributed by atoms with E-state index in [2.05, 4.69) is 10.2 Å². The van der Waals surface area contributed by atoms with Crippen LogP contribution < -0.4 is 10.8 Å². The van der Waals surface area contributed by atoms with Crippen LogP contribution in [0.2, 0.25) is 0 Å². The zero-order valence-electron chi connectivity index (χ0n) is 9.93. The lowest BCUT2D eigenvalue weighted by Crippen LogP contribution is -2.27. The van der Waals surface area contributed by atoms with Crippen molar-refractivity contribution in [3.05, 3.63) is 29.3 Å². The van der Waals surface area contributed by atoms with Crippen LogP contribution in [0.25, 0.3) is 0 Å². The highest BCUT2D eigenvalue weighted by Crippen LogP contribution is 2.23. The van der Waals surface area contributed by atoms with Crippen molar-refractivity contribution in [1.29, 1.82) is 0 Å². The van der Waals surface area contributed by atoms with Crippen molar-refractivity contribution in [1.82, 2.24) is 5.48 Å². The van der Waals surface area contributed by atoms with Crippen molar-refractivity contribution in [3.63, 3.8) is 0 Å². The molecule has 0 fully saturated rings. The second kappa shape index (κ2) is 5.49. The maximum atomic E-state index is 11.7. The van der Waals surface area contributed by atoms with E-state index in [-0.39, 0.29) is 5.91 Å². The van der Waals surface area contributed by atoms with Gasteiger partial charge in [-0.1, -0.05) is 0 Å². The van der Waals surface area contributed by atoms with E-state index in [1.54, 1.807) is 12.1 Å². The second-order valence-electron chi connectivity index (χ2n) is 4.03. The van der Waals surface area contributed by atoms with Gasteiger partial charge in [0.25, 0.3) is 5.91 Å². The quantitative estimate of drug-likeness (QED) is 0.679. The normalized spacial score (nSPS) is 13.4. The first-order valence-corrected chi connectivity index (χ1v) is 5.63. The zero-order chi connectivity index (χ0) is 13.8. The van der Waals surface area contributed by atoms with Crippen LogP contribution in [0.3, 0.4) is 0 Å². The first kappa shape index (κ1) is 13.0. The standard InChI is InChI=1S/C12H12N2O5/c15-10-4-2-7-5-8(1-3-9(7)13-10)12(18)14-19-6-11(16)17/h1,3,5H,2,4,6H2,(H,13,15)(H,14,18)(H,16,17). The third-order valence-electron chi connectivity index (χ3n) is 2.62. The van der Waals surface area contributed by atoms with Gasteiger partial charge in [-0.05, 0) is 30.2 Å². The summed E-state index contributed by atoms with van der Waals surface area (Å²) in [7, 11) is 0. The highest BCUT2D eigenvalue weighted by atomic mass is 16.7. The number of nitrogens with one attached hydrogen (secondary N) is 2. The molecular weight excluding hydrogens is 252 g/mol. The molecule has 1 aromatic carbocycles. The van der Waals surface area contributed by atoms with Gasteiger partial charge in [-0.2, -0.15) is 0 Å². The number of hydroxylamine groups is 1. The largest absolute Gasteiger partial charge is 0.479 e. The summed E-state index contributed by atoms with van der Waals surface area (Å²) in [4.78, 5) is 37.6. The third-order valence-corrected chi connectivity index (χ3v) is 2.62. The number of carboxylic acids is 1. The number of hydrogen-bond donors (Lipinski definition) is 3. The van der Waals surface area contributed by atoms with Crippen molar-refractivity contribution in [3.8, 4) is 0 Å². The maximum absolute atomic E-state index is 11.7. The number of amides is 2. The molecule has 2 rings (SSSR count). The summed E-state index contributed by atoms with van der Waals surface area (Å²) < 4.78 is 0. The second-order valence-corrected chi connectivity index (χ2v) is 4.03. The fraction of sp³-hybridized carbons (Fsp3) is 0.250. The Balaban J connectivity index is 2.03. The molecule has 1 aromatic rings. The molecule has 0 radical (unpaired) electrons. The first-order valence-electron chi connectivity index (χ1n) is 5.63. The molecule has 0 spiro atoms. The Bertz CT molecular complexity index is 541. The molecule has 1 heterocycles. The SMILES string of the molecule is O=C(O)CONC(=O)c1ccc2c(c1)CCC(=O)N2. The highest BCUT2D eigenvalue weighted by Gasteiger charge is 2.16. The van der Waals surface area contributed by atoms with Crippen molar-refractivity contribution in [2.75, 3.05) is 11.9 Å². The van der Waals surface area contributed by atoms with Crippen LogP contribution in [0.15, 0.2) is 18.2 Å². The molecule has 0 bridgehead atoms. The third kappa shape index (κ3) is 3.29. The fourth-order valence-electron chi connectivity index (χ4n) is 1.75. The number of carbonyl (C=O) groups excluding carboxylic acids is 2. The number of aryl methyl sites for hydroxylation is 1. The summed E-state index contributed by atoms with van der Waals surface area (Å²) in [5.74, 6) is -1.75. The Morgan fingerprint density at radius 3 is 2.89 bits per heavy atom. The Morgan fingerprint density at radius 2 is 2.16 bits per heavy atom. The average molecular weight is 264 g/mol. The van der Waals surface area contributed by atoms with E-state index >= 15 is 0 Å². The van der Waals surface area contributed by atoms with Gasteiger partial charge in [-0.15, -0.1) is 0 Å².